The maximum absolute atomic E-state index is 12.9. The Hall–Kier alpha value is -3.02. The summed E-state index contributed by atoms with van der Waals surface area (Å²) in [5.41, 5.74) is 8.93. The third-order valence-electron chi connectivity index (χ3n) is 7.55. The summed E-state index contributed by atoms with van der Waals surface area (Å²) in [5, 5.41) is 5.45. The first kappa shape index (κ1) is 29.0. The van der Waals surface area contributed by atoms with E-state index in [9.17, 15) is 4.79 Å². The number of nitrogens with zero attached hydrogens (tertiary/aromatic N) is 3. The van der Waals surface area contributed by atoms with Crippen molar-refractivity contribution in [2.75, 3.05) is 13.2 Å². The van der Waals surface area contributed by atoms with E-state index in [1.807, 2.05) is 44.4 Å². The highest BCUT2D eigenvalue weighted by Crippen LogP contribution is 2.34. The average molecular weight is 546 g/mol. The number of aromatic nitrogens is 3. The Morgan fingerprint density at radius 1 is 1.21 bits per heavy atom. The Balaban J connectivity index is 1.71. The van der Waals surface area contributed by atoms with Gasteiger partial charge in [-0.1, -0.05) is 76.1 Å². The summed E-state index contributed by atoms with van der Waals surface area (Å²) in [6.07, 6.45) is 9.39. The standard InChI is InChI=1S/C33H40ClN3O2/c1-7-10-31-29(28(13-21(4)5)32-30(34)15-25(16-35-32)26-19-39-20-26)17-36-37(31)18-23-11-12-27(24(9-3)14-23)33(38)22(6)8-2/h11-17,22,26H,4,7-10,18-20H2,1-3,5-6H3/b28-13+. The average Bonchev–Trinajstić information content (AvgIpc) is 3.27. The molecule has 1 aliphatic heterocycles. The number of ether oxygens (including phenoxy) is 1. The van der Waals surface area contributed by atoms with Crippen LogP contribution in [-0.4, -0.2) is 33.8 Å². The van der Waals surface area contributed by atoms with Gasteiger partial charge in [-0.25, -0.2) is 0 Å². The summed E-state index contributed by atoms with van der Waals surface area (Å²) in [4.78, 5) is 17.7. The van der Waals surface area contributed by atoms with Gasteiger partial charge in [0.2, 0.25) is 0 Å². The summed E-state index contributed by atoms with van der Waals surface area (Å²) in [7, 11) is 0. The van der Waals surface area contributed by atoms with Gasteiger partial charge in [-0.2, -0.15) is 5.10 Å². The van der Waals surface area contributed by atoms with Crippen LogP contribution in [-0.2, 0) is 24.1 Å². The van der Waals surface area contributed by atoms with Crippen LogP contribution in [0.2, 0.25) is 5.02 Å². The number of Topliss-reactive ketones (excluding diaryl/α,β-unsaturated/α-hetero) is 1. The topological polar surface area (TPSA) is 57.0 Å². The number of hydrogen-bond acceptors (Lipinski definition) is 4. The van der Waals surface area contributed by atoms with Crippen molar-refractivity contribution in [1.82, 2.24) is 14.8 Å². The predicted molar refractivity (Wildman–Crippen MR) is 160 cm³/mol. The van der Waals surface area contributed by atoms with Crippen LogP contribution in [0.5, 0.6) is 0 Å². The van der Waals surface area contributed by atoms with Crippen molar-refractivity contribution in [2.45, 2.75) is 72.8 Å². The first-order valence-electron chi connectivity index (χ1n) is 14.1. The number of pyridine rings is 1. The quantitative estimate of drug-likeness (QED) is 0.172. The van der Waals surface area contributed by atoms with Gasteiger partial charge in [0.05, 0.1) is 36.7 Å². The zero-order chi connectivity index (χ0) is 28.1. The number of ketones is 1. The molecule has 39 heavy (non-hydrogen) atoms. The number of allylic oxidation sites excluding steroid dienone is 2. The predicted octanol–water partition coefficient (Wildman–Crippen LogP) is 7.85. The molecule has 0 radical (unpaired) electrons. The maximum Gasteiger partial charge on any atom is 0.165 e. The smallest absolute Gasteiger partial charge is 0.165 e. The Bertz CT molecular complexity index is 1380. The van der Waals surface area contributed by atoms with E-state index in [1.54, 1.807) is 0 Å². The molecule has 1 unspecified atom stereocenters. The highest BCUT2D eigenvalue weighted by atomic mass is 35.5. The maximum atomic E-state index is 12.9. The largest absolute Gasteiger partial charge is 0.380 e. The molecule has 4 rings (SSSR count). The molecule has 206 valence electrons. The van der Waals surface area contributed by atoms with Gasteiger partial charge in [0.1, 0.15) is 0 Å². The SMILES string of the molecule is C=C(C)/C=C(\c1cnn(Cc2ccc(C(=O)C(C)CC)c(CC)c2)c1CCC)c1ncc(C2COC2)cc1Cl. The van der Waals surface area contributed by atoms with E-state index in [1.165, 1.54) is 0 Å². The lowest BCUT2D eigenvalue weighted by Gasteiger charge is -2.26. The van der Waals surface area contributed by atoms with Gasteiger partial charge < -0.3 is 4.74 Å². The van der Waals surface area contributed by atoms with Gasteiger partial charge in [0.15, 0.2) is 5.78 Å². The molecular formula is C33H40ClN3O2. The molecule has 0 N–H and O–H groups in total. The van der Waals surface area contributed by atoms with Crippen LogP contribution >= 0.6 is 11.6 Å². The van der Waals surface area contributed by atoms with Gasteiger partial charge in [-0.05, 0) is 55.0 Å². The van der Waals surface area contributed by atoms with Crippen molar-refractivity contribution in [3.63, 3.8) is 0 Å². The third kappa shape index (κ3) is 6.42. The Morgan fingerprint density at radius 2 is 1.97 bits per heavy atom. The second kappa shape index (κ2) is 12.9. The minimum absolute atomic E-state index is 0.0288. The summed E-state index contributed by atoms with van der Waals surface area (Å²) >= 11 is 6.83. The number of aryl methyl sites for hydroxylation is 1. The molecule has 1 atom stereocenters. The molecule has 1 aliphatic rings. The van der Waals surface area contributed by atoms with Crippen LogP contribution in [0.15, 0.2) is 54.9 Å². The molecule has 6 heteroatoms. The van der Waals surface area contributed by atoms with Gasteiger partial charge in [0, 0.05) is 40.4 Å². The number of carbonyl (C=O) groups is 1. The molecular weight excluding hydrogens is 506 g/mol. The van der Waals surface area contributed by atoms with E-state index < -0.39 is 0 Å². The van der Waals surface area contributed by atoms with Gasteiger partial charge in [0.25, 0.3) is 0 Å². The van der Waals surface area contributed by atoms with Crippen LogP contribution < -0.4 is 0 Å². The molecule has 2 aromatic heterocycles. The zero-order valence-corrected chi connectivity index (χ0v) is 24.6. The van der Waals surface area contributed by atoms with E-state index >= 15 is 0 Å². The molecule has 3 aromatic rings. The molecule has 0 spiro atoms. The molecule has 0 aliphatic carbocycles. The third-order valence-corrected chi connectivity index (χ3v) is 7.84. The molecule has 0 saturated carbocycles. The lowest BCUT2D eigenvalue weighted by Crippen LogP contribution is -2.25. The van der Waals surface area contributed by atoms with Crippen molar-refractivity contribution in [3.8, 4) is 0 Å². The first-order chi connectivity index (χ1) is 18.8. The van der Waals surface area contributed by atoms with Crippen LogP contribution in [0.3, 0.4) is 0 Å². The molecule has 0 amide bonds. The van der Waals surface area contributed by atoms with Gasteiger partial charge in [-0.3, -0.25) is 14.5 Å². The normalized spacial score (nSPS) is 14.8. The number of carbonyl (C=O) groups excluding carboxylic acids is 1. The van der Waals surface area contributed by atoms with Crippen LogP contribution in [0.1, 0.15) is 97.4 Å². The van der Waals surface area contributed by atoms with Crippen LogP contribution in [0, 0.1) is 5.92 Å². The van der Waals surface area contributed by atoms with Crippen LogP contribution in [0.4, 0.5) is 0 Å². The van der Waals surface area contributed by atoms with Crippen molar-refractivity contribution in [1.29, 1.82) is 0 Å². The fourth-order valence-corrected chi connectivity index (χ4v) is 5.27. The van der Waals surface area contributed by atoms with Crippen LogP contribution in [0.25, 0.3) is 5.57 Å². The number of hydrogen-bond donors (Lipinski definition) is 0. The van der Waals surface area contributed by atoms with E-state index in [4.69, 9.17) is 26.4 Å². The molecule has 3 heterocycles. The molecule has 1 aromatic carbocycles. The molecule has 0 bridgehead atoms. The van der Waals surface area contributed by atoms with Gasteiger partial charge >= 0.3 is 0 Å². The van der Waals surface area contributed by atoms with Crippen molar-refractivity contribution in [2.24, 2.45) is 5.92 Å². The van der Waals surface area contributed by atoms with E-state index in [-0.39, 0.29) is 11.7 Å². The van der Waals surface area contributed by atoms with E-state index in [0.29, 0.717) is 30.7 Å². The van der Waals surface area contributed by atoms with Crippen molar-refractivity contribution in [3.05, 3.63) is 99.1 Å². The Kier molecular flexibility index (Phi) is 9.58. The van der Waals surface area contributed by atoms with Gasteiger partial charge in [-0.15, -0.1) is 0 Å². The molecule has 5 nitrogen and oxygen atoms in total. The fraction of sp³-hybridized carbons (Fsp3) is 0.424. The molecule has 1 fully saturated rings. The van der Waals surface area contributed by atoms with E-state index in [0.717, 1.165) is 76.0 Å². The second-order valence-corrected chi connectivity index (χ2v) is 11.1. The highest BCUT2D eigenvalue weighted by molar-refractivity contribution is 6.32. The minimum atomic E-state index is 0.0288. The zero-order valence-electron chi connectivity index (χ0n) is 23.9. The number of rotatable bonds is 12. The first-order valence-corrected chi connectivity index (χ1v) is 14.5. The summed E-state index contributed by atoms with van der Waals surface area (Å²) in [5.74, 6) is 0.612. The van der Waals surface area contributed by atoms with E-state index in [2.05, 4.69) is 44.2 Å². The minimum Gasteiger partial charge on any atom is -0.380 e. The monoisotopic (exact) mass is 545 g/mol. The molecule has 1 saturated heterocycles. The Labute approximate surface area is 237 Å². The summed E-state index contributed by atoms with van der Waals surface area (Å²) in [6, 6.07) is 8.25. The summed E-state index contributed by atoms with van der Waals surface area (Å²) < 4.78 is 7.42. The van der Waals surface area contributed by atoms with Crippen molar-refractivity contribution >= 4 is 23.0 Å². The van der Waals surface area contributed by atoms with Crippen molar-refractivity contribution < 1.29 is 9.53 Å². The number of halogens is 1. The lowest BCUT2D eigenvalue weighted by atomic mass is 9.91. The summed E-state index contributed by atoms with van der Waals surface area (Å²) in [6.45, 7) is 16.5. The Morgan fingerprint density at radius 3 is 2.56 bits per heavy atom. The lowest BCUT2D eigenvalue weighted by molar-refractivity contribution is 0.00829. The fourth-order valence-electron chi connectivity index (χ4n) is 5.00. The second-order valence-electron chi connectivity index (χ2n) is 10.7. The number of benzene rings is 1. The highest BCUT2D eigenvalue weighted by Gasteiger charge is 2.24.